The van der Waals surface area contributed by atoms with Gasteiger partial charge < -0.3 is 14.7 Å². The number of aromatic nitrogens is 1. The van der Waals surface area contributed by atoms with Gasteiger partial charge in [-0.05, 0) is 43.5 Å². The molecule has 1 aromatic carbocycles. The number of rotatable bonds is 3. The molecule has 1 saturated heterocycles. The van der Waals surface area contributed by atoms with Crippen LogP contribution >= 0.6 is 11.6 Å². The number of benzene rings is 1. The van der Waals surface area contributed by atoms with Crippen LogP contribution in [-0.4, -0.2) is 34.5 Å². The number of hydrogen-bond donors (Lipinski definition) is 1. The maximum Gasteiger partial charge on any atom is 0.254 e. The van der Waals surface area contributed by atoms with Gasteiger partial charge in [0.25, 0.3) is 5.91 Å². The topological polar surface area (TPSA) is 75.4 Å². The fraction of sp³-hybridized carbons (Fsp3) is 0.450. The molecule has 27 heavy (non-hydrogen) atoms. The number of hydrogen-bond acceptors (Lipinski definition) is 4. The number of halogens is 1. The van der Waals surface area contributed by atoms with Gasteiger partial charge in [0.2, 0.25) is 5.91 Å². The minimum atomic E-state index is -0.531. The first-order valence-electron chi connectivity index (χ1n) is 9.10. The first-order chi connectivity index (χ1) is 12.8. The molecular weight excluding hydrogens is 366 g/mol. The van der Waals surface area contributed by atoms with E-state index in [1.54, 1.807) is 35.2 Å². The van der Waals surface area contributed by atoms with Crippen molar-refractivity contribution < 1.29 is 14.1 Å². The van der Waals surface area contributed by atoms with Crippen LogP contribution in [0.1, 0.15) is 56.2 Å². The predicted molar refractivity (Wildman–Crippen MR) is 104 cm³/mol. The van der Waals surface area contributed by atoms with E-state index in [0.29, 0.717) is 35.1 Å². The normalized spacial score (nSPS) is 17.6. The maximum absolute atomic E-state index is 12.9. The van der Waals surface area contributed by atoms with Gasteiger partial charge in [-0.3, -0.25) is 9.59 Å². The van der Waals surface area contributed by atoms with Gasteiger partial charge in [0.15, 0.2) is 5.82 Å². The lowest BCUT2D eigenvalue weighted by molar-refractivity contribution is -0.121. The smallest absolute Gasteiger partial charge is 0.254 e. The lowest BCUT2D eigenvalue weighted by Gasteiger charge is -2.34. The second-order valence-electron chi connectivity index (χ2n) is 7.83. The molecule has 1 aliphatic rings. The largest absolute Gasteiger partial charge is 0.359 e. The summed E-state index contributed by atoms with van der Waals surface area (Å²) >= 11 is 5.90. The van der Waals surface area contributed by atoms with Crippen LogP contribution in [0.15, 0.2) is 34.9 Å². The number of likely N-dealkylation sites (tertiary alicyclic amines) is 1. The van der Waals surface area contributed by atoms with E-state index in [-0.39, 0.29) is 17.2 Å². The van der Waals surface area contributed by atoms with Crippen LogP contribution in [-0.2, 0) is 10.2 Å². The molecule has 2 amide bonds. The zero-order chi connectivity index (χ0) is 19.6. The van der Waals surface area contributed by atoms with Crippen LogP contribution in [0.5, 0.6) is 0 Å². The maximum atomic E-state index is 12.9. The van der Waals surface area contributed by atoms with Gasteiger partial charge in [0, 0.05) is 28.6 Å². The summed E-state index contributed by atoms with van der Waals surface area (Å²) in [6.07, 6.45) is 2.39. The molecule has 7 heteroatoms. The van der Waals surface area contributed by atoms with Crippen molar-refractivity contribution in [2.24, 2.45) is 0 Å². The van der Waals surface area contributed by atoms with Crippen LogP contribution in [0, 0.1) is 0 Å². The summed E-state index contributed by atoms with van der Waals surface area (Å²) in [5, 5.41) is 7.29. The number of carbonyl (C=O) groups excluding carboxylic acids is 2. The minimum Gasteiger partial charge on any atom is -0.359 e. The highest BCUT2D eigenvalue weighted by atomic mass is 35.5. The Morgan fingerprint density at radius 2 is 1.93 bits per heavy atom. The third kappa shape index (κ3) is 4.50. The van der Waals surface area contributed by atoms with Crippen molar-refractivity contribution in [2.45, 2.75) is 51.5 Å². The number of piperidine rings is 1. The van der Waals surface area contributed by atoms with E-state index in [4.69, 9.17) is 16.1 Å². The van der Waals surface area contributed by atoms with Crippen molar-refractivity contribution in [3.05, 3.63) is 46.7 Å². The van der Waals surface area contributed by atoms with E-state index in [2.05, 4.69) is 10.5 Å². The molecule has 144 valence electrons. The van der Waals surface area contributed by atoms with E-state index in [1.807, 2.05) is 20.8 Å². The number of nitrogens with one attached hydrogen (secondary N) is 1. The van der Waals surface area contributed by atoms with Gasteiger partial charge in [0.05, 0.1) is 0 Å². The van der Waals surface area contributed by atoms with E-state index in [1.165, 1.54) is 0 Å². The van der Waals surface area contributed by atoms with E-state index in [9.17, 15) is 9.59 Å². The van der Waals surface area contributed by atoms with Gasteiger partial charge in [-0.2, -0.15) is 0 Å². The second-order valence-corrected chi connectivity index (χ2v) is 8.27. The number of carbonyl (C=O) groups is 2. The van der Waals surface area contributed by atoms with Crippen LogP contribution < -0.4 is 5.32 Å². The molecule has 0 aliphatic carbocycles. The van der Waals surface area contributed by atoms with Gasteiger partial charge in [-0.1, -0.05) is 37.5 Å². The monoisotopic (exact) mass is 389 g/mol. The lowest BCUT2D eigenvalue weighted by Crippen LogP contribution is -2.50. The molecule has 1 aliphatic heterocycles. The highest BCUT2D eigenvalue weighted by molar-refractivity contribution is 6.30. The molecule has 3 rings (SSSR count). The first-order valence-corrected chi connectivity index (χ1v) is 9.48. The molecule has 1 aromatic heterocycles. The van der Waals surface area contributed by atoms with Crippen LogP contribution in [0.25, 0.3) is 0 Å². The lowest BCUT2D eigenvalue weighted by atomic mass is 9.93. The van der Waals surface area contributed by atoms with Gasteiger partial charge in [-0.25, -0.2) is 0 Å². The number of nitrogens with zero attached hydrogens (tertiary/aromatic N) is 2. The Balaban J connectivity index is 1.74. The molecule has 2 heterocycles. The Labute approximate surface area is 163 Å². The molecule has 0 unspecified atom stereocenters. The highest BCUT2D eigenvalue weighted by Crippen LogP contribution is 2.26. The van der Waals surface area contributed by atoms with Crippen LogP contribution in [0.4, 0.5) is 5.82 Å². The fourth-order valence-corrected chi connectivity index (χ4v) is 3.23. The van der Waals surface area contributed by atoms with Crippen molar-refractivity contribution >= 4 is 29.2 Å². The summed E-state index contributed by atoms with van der Waals surface area (Å²) in [5.41, 5.74) is 0.327. The van der Waals surface area contributed by atoms with Crippen molar-refractivity contribution in [3.8, 4) is 0 Å². The molecule has 0 radical (unpaired) electrons. The minimum absolute atomic E-state index is 0.165. The SMILES string of the molecule is CC(C)(C)c1cc(NC(=O)[C@@H]2CCCCN2C(=O)c2ccc(Cl)cc2)no1. The zero-order valence-electron chi connectivity index (χ0n) is 15.8. The molecule has 6 nitrogen and oxygen atoms in total. The standard InChI is InChI=1S/C20H24ClN3O3/c1-20(2,3)16-12-17(23-27-16)22-18(25)15-6-4-5-11-24(15)19(26)13-7-9-14(21)10-8-13/h7-10,12,15H,4-6,11H2,1-3H3,(H,22,23,25)/t15-/m0/s1. The quantitative estimate of drug-likeness (QED) is 0.850. The predicted octanol–water partition coefficient (Wildman–Crippen LogP) is 4.26. The first kappa shape index (κ1) is 19.4. The third-order valence-electron chi connectivity index (χ3n) is 4.66. The van der Waals surface area contributed by atoms with Gasteiger partial charge in [-0.15, -0.1) is 0 Å². The van der Waals surface area contributed by atoms with Crippen molar-refractivity contribution in [1.82, 2.24) is 10.1 Å². The summed E-state index contributed by atoms with van der Waals surface area (Å²) in [5.74, 6) is 0.651. The van der Waals surface area contributed by atoms with Gasteiger partial charge in [0.1, 0.15) is 11.8 Å². The average molecular weight is 390 g/mol. The molecule has 0 bridgehead atoms. The Kier molecular flexibility index (Phi) is 5.56. The molecule has 0 spiro atoms. The Morgan fingerprint density at radius 1 is 1.22 bits per heavy atom. The fourth-order valence-electron chi connectivity index (χ4n) is 3.10. The number of anilines is 1. The van der Waals surface area contributed by atoms with Crippen molar-refractivity contribution in [3.63, 3.8) is 0 Å². The summed E-state index contributed by atoms with van der Waals surface area (Å²) in [4.78, 5) is 27.3. The molecule has 2 aromatic rings. The highest BCUT2D eigenvalue weighted by Gasteiger charge is 2.33. The average Bonchev–Trinajstić information content (AvgIpc) is 3.10. The van der Waals surface area contributed by atoms with Gasteiger partial charge >= 0.3 is 0 Å². The van der Waals surface area contributed by atoms with E-state index >= 15 is 0 Å². The summed E-state index contributed by atoms with van der Waals surface area (Å²) in [6.45, 7) is 6.57. The van der Waals surface area contributed by atoms with Crippen molar-refractivity contribution in [2.75, 3.05) is 11.9 Å². The molecule has 1 atom stereocenters. The van der Waals surface area contributed by atoms with Crippen LogP contribution in [0.2, 0.25) is 5.02 Å². The molecule has 0 saturated carbocycles. The summed E-state index contributed by atoms with van der Waals surface area (Å²) in [7, 11) is 0. The van der Waals surface area contributed by atoms with E-state index in [0.717, 1.165) is 12.8 Å². The van der Waals surface area contributed by atoms with E-state index < -0.39 is 6.04 Å². The van der Waals surface area contributed by atoms with Crippen molar-refractivity contribution in [1.29, 1.82) is 0 Å². The third-order valence-corrected chi connectivity index (χ3v) is 4.91. The zero-order valence-corrected chi connectivity index (χ0v) is 16.5. The summed E-state index contributed by atoms with van der Waals surface area (Å²) < 4.78 is 5.31. The summed E-state index contributed by atoms with van der Waals surface area (Å²) in [6, 6.07) is 7.92. The Hall–Kier alpha value is -2.34. The second kappa shape index (κ2) is 7.72. The molecular formula is C20H24ClN3O3. The molecule has 1 fully saturated rings. The molecule has 1 N–H and O–H groups in total. The Morgan fingerprint density at radius 3 is 2.56 bits per heavy atom. The number of amides is 2. The Bertz CT molecular complexity index is 824. The van der Waals surface area contributed by atoms with Crippen LogP contribution in [0.3, 0.4) is 0 Å².